The summed E-state index contributed by atoms with van der Waals surface area (Å²) in [7, 11) is -1.29. The summed E-state index contributed by atoms with van der Waals surface area (Å²) >= 11 is 2.41. The third-order valence-electron chi connectivity index (χ3n) is 1.19. The number of rotatable bonds is 3. The SMILES string of the molecule is CC(I)C(C)O[Si](C)(C)C. The molecule has 2 unspecified atom stereocenters. The van der Waals surface area contributed by atoms with Crippen molar-refractivity contribution >= 4 is 30.9 Å². The molecule has 2 atom stereocenters. The van der Waals surface area contributed by atoms with Crippen LogP contribution in [-0.4, -0.2) is 18.3 Å². The molecule has 3 heteroatoms. The summed E-state index contributed by atoms with van der Waals surface area (Å²) in [6.45, 7) is 11.0. The maximum absolute atomic E-state index is 5.83. The van der Waals surface area contributed by atoms with Gasteiger partial charge in [0.05, 0.1) is 6.10 Å². The minimum absolute atomic E-state index is 0.410. The second kappa shape index (κ2) is 4.06. The monoisotopic (exact) mass is 272 g/mol. The number of hydrogen-bond donors (Lipinski definition) is 0. The van der Waals surface area contributed by atoms with Crippen molar-refractivity contribution < 1.29 is 4.43 Å². The van der Waals surface area contributed by atoms with E-state index in [2.05, 4.69) is 56.1 Å². The van der Waals surface area contributed by atoms with Gasteiger partial charge >= 0.3 is 0 Å². The van der Waals surface area contributed by atoms with Crippen molar-refractivity contribution in [2.45, 2.75) is 43.5 Å². The van der Waals surface area contributed by atoms with Crippen molar-refractivity contribution in [3.05, 3.63) is 0 Å². The quantitative estimate of drug-likeness (QED) is 0.436. The average Bonchev–Trinajstić information content (AvgIpc) is 1.60. The second-order valence-electron chi connectivity index (χ2n) is 3.61. The molecule has 0 aliphatic carbocycles. The van der Waals surface area contributed by atoms with E-state index < -0.39 is 8.32 Å². The minimum atomic E-state index is -1.29. The first-order valence-electron chi connectivity index (χ1n) is 3.65. The fourth-order valence-electron chi connectivity index (χ4n) is 0.651. The molecule has 0 aromatic heterocycles. The fraction of sp³-hybridized carbons (Fsp3) is 1.00. The van der Waals surface area contributed by atoms with E-state index in [-0.39, 0.29) is 0 Å². The Labute approximate surface area is 78.8 Å². The highest BCUT2D eigenvalue weighted by Gasteiger charge is 2.20. The lowest BCUT2D eigenvalue weighted by molar-refractivity contribution is 0.220. The first-order valence-corrected chi connectivity index (χ1v) is 8.30. The maximum Gasteiger partial charge on any atom is 0.184 e. The molecule has 62 valence electrons. The minimum Gasteiger partial charge on any atom is -0.414 e. The zero-order valence-electron chi connectivity index (χ0n) is 7.44. The highest BCUT2D eigenvalue weighted by molar-refractivity contribution is 14.1. The summed E-state index contributed by atoms with van der Waals surface area (Å²) in [5.41, 5.74) is 0. The van der Waals surface area contributed by atoms with Gasteiger partial charge in [0.25, 0.3) is 0 Å². The zero-order chi connectivity index (χ0) is 8.36. The van der Waals surface area contributed by atoms with Crippen LogP contribution in [0.1, 0.15) is 13.8 Å². The Kier molecular flexibility index (Phi) is 4.43. The molecule has 0 saturated heterocycles. The molecular formula is C7H17IOSi. The van der Waals surface area contributed by atoms with Gasteiger partial charge < -0.3 is 4.43 Å². The Hall–Kier alpha value is 0.907. The molecular weight excluding hydrogens is 255 g/mol. The van der Waals surface area contributed by atoms with E-state index in [9.17, 15) is 0 Å². The Bertz CT molecular complexity index is 98.3. The van der Waals surface area contributed by atoms with Gasteiger partial charge in [0, 0.05) is 3.92 Å². The van der Waals surface area contributed by atoms with Gasteiger partial charge in [-0.1, -0.05) is 29.5 Å². The zero-order valence-corrected chi connectivity index (χ0v) is 10.6. The third-order valence-corrected chi connectivity index (χ3v) is 3.28. The molecule has 0 rings (SSSR count). The van der Waals surface area contributed by atoms with Gasteiger partial charge in [-0.15, -0.1) is 0 Å². The van der Waals surface area contributed by atoms with E-state index in [1.807, 2.05) is 0 Å². The van der Waals surface area contributed by atoms with Gasteiger partial charge in [-0.2, -0.15) is 0 Å². The first kappa shape index (κ1) is 10.9. The lowest BCUT2D eigenvalue weighted by Gasteiger charge is -2.25. The van der Waals surface area contributed by atoms with Gasteiger partial charge in [0.1, 0.15) is 0 Å². The predicted octanol–water partition coefficient (Wildman–Crippen LogP) is 3.05. The molecule has 0 spiro atoms. The summed E-state index contributed by atoms with van der Waals surface area (Å²) in [6.07, 6.45) is 0.410. The lowest BCUT2D eigenvalue weighted by atomic mass is 10.3. The molecule has 0 radical (unpaired) electrons. The van der Waals surface area contributed by atoms with Gasteiger partial charge in [-0.3, -0.25) is 0 Å². The number of halogens is 1. The van der Waals surface area contributed by atoms with Crippen LogP contribution in [-0.2, 0) is 4.43 Å². The first-order chi connectivity index (χ1) is 4.33. The Morgan fingerprint density at radius 1 is 1.20 bits per heavy atom. The van der Waals surface area contributed by atoms with E-state index in [4.69, 9.17) is 4.43 Å². The van der Waals surface area contributed by atoms with Crippen LogP contribution in [0.3, 0.4) is 0 Å². The van der Waals surface area contributed by atoms with Crippen molar-refractivity contribution in [1.29, 1.82) is 0 Å². The van der Waals surface area contributed by atoms with Crippen LogP contribution in [0.5, 0.6) is 0 Å². The summed E-state index contributed by atoms with van der Waals surface area (Å²) in [5, 5.41) is 0. The van der Waals surface area contributed by atoms with Gasteiger partial charge in [0.15, 0.2) is 8.32 Å². The molecule has 10 heavy (non-hydrogen) atoms. The van der Waals surface area contributed by atoms with Gasteiger partial charge in [-0.25, -0.2) is 0 Å². The lowest BCUT2D eigenvalue weighted by Crippen LogP contribution is -2.33. The smallest absolute Gasteiger partial charge is 0.184 e. The molecule has 0 aliphatic rings. The van der Waals surface area contributed by atoms with Crippen LogP contribution < -0.4 is 0 Å². The average molecular weight is 272 g/mol. The Morgan fingerprint density at radius 3 is 1.70 bits per heavy atom. The highest BCUT2D eigenvalue weighted by atomic mass is 127. The maximum atomic E-state index is 5.83. The van der Waals surface area contributed by atoms with E-state index >= 15 is 0 Å². The molecule has 1 nitrogen and oxygen atoms in total. The van der Waals surface area contributed by atoms with Gasteiger partial charge in [-0.05, 0) is 26.6 Å². The molecule has 0 heterocycles. The summed E-state index contributed by atoms with van der Waals surface area (Å²) in [5.74, 6) is 0. The predicted molar refractivity (Wildman–Crippen MR) is 57.4 cm³/mol. The normalized spacial score (nSPS) is 18.6. The molecule has 0 saturated carbocycles. The van der Waals surface area contributed by atoms with Crippen LogP contribution in [0.4, 0.5) is 0 Å². The van der Waals surface area contributed by atoms with E-state index in [1.54, 1.807) is 0 Å². The molecule has 0 amide bonds. The summed E-state index contributed by atoms with van der Waals surface area (Å²) in [4.78, 5) is 0. The molecule has 0 N–H and O–H groups in total. The standard InChI is InChI=1S/C7H17IOSi/c1-6(8)7(2)9-10(3,4)5/h6-7H,1-5H3. The highest BCUT2D eigenvalue weighted by Crippen LogP contribution is 2.14. The van der Waals surface area contributed by atoms with E-state index in [0.29, 0.717) is 10.0 Å². The second-order valence-corrected chi connectivity index (χ2v) is 10.0. The van der Waals surface area contributed by atoms with Crippen LogP contribution in [0.25, 0.3) is 0 Å². The Morgan fingerprint density at radius 2 is 1.60 bits per heavy atom. The van der Waals surface area contributed by atoms with Crippen molar-refractivity contribution in [3.63, 3.8) is 0 Å². The van der Waals surface area contributed by atoms with Crippen LogP contribution in [0, 0.1) is 0 Å². The van der Waals surface area contributed by atoms with E-state index in [1.165, 1.54) is 0 Å². The van der Waals surface area contributed by atoms with Crippen LogP contribution >= 0.6 is 22.6 Å². The van der Waals surface area contributed by atoms with Gasteiger partial charge in [0.2, 0.25) is 0 Å². The van der Waals surface area contributed by atoms with Crippen LogP contribution in [0.2, 0.25) is 19.6 Å². The summed E-state index contributed by atoms with van der Waals surface area (Å²) in [6, 6.07) is 0. The number of hydrogen-bond acceptors (Lipinski definition) is 1. The van der Waals surface area contributed by atoms with Crippen molar-refractivity contribution in [2.24, 2.45) is 0 Å². The summed E-state index contributed by atoms with van der Waals surface area (Å²) < 4.78 is 6.45. The van der Waals surface area contributed by atoms with Crippen LogP contribution in [0.15, 0.2) is 0 Å². The largest absolute Gasteiger partial charge is 0.414 e. The van der Waals surface area contributed by atoms with Crippen molar-refractivity contribution in [3.8, 4) is 0 Å². The molecule has 0 fully saturated rings. The molecule has 0 aliphatic heterocycles. The fourth-order valence-corrected chi connectivity index (χ4v) is 2.39. The van der Waals surface area contributed by atoms with Crippen molar-refractivity contribution in [2.75, 3.05) is 0 Å². The molecule has 0 aromatic carbocycles. The topological polar surface area (TPSA) is 9.23 Å². The molecule has 0 aromatic rings. The third kappa shape index (κ3) is 5.67. The Balaban J connectivity index is 3.68. The number of alkyl halides is 1. The van der Waals surface area contributed by atoms with Crippen molar-refractivity contribution in [1.82, 2.24) is 0 Å². The van der Waals surface area contributed by atoms with E-state index in [0.717, 1.165) is 0 Å². The molecule has 0 bridgehead atoms.